The molecule has 96 valence electrons. The summed E-state index contributed by atoms with van der Waals surface area (Å²) in [7, 11) is -2.53. The molecule has 0 aliphatic carbocycles. The molecule has 0 bridgehead atoms. The molecule has 0 aliphatic rings. The highest BCUT2D eigenvalue weighted by molar-refractivity contribution is 7.89. The van der Waals surface area contributed by atoms with Crippen molar-refractivity contribution < 1.29 is 27.9 Å². The molecule has 0 saturated heterocycles. The van der Waals surface area contributed by atoms with Gasteiger partial charge in [0.05, 0.1) is 13.2 Å². The number of ether oxygens (including phenoxy) is 1. The van der Waals surface area contributed by atoms with Crippen molar-refractivity contribution in [1.29, 1.82) is 0 Å². The van der Waals surface area contributed by atoms with E-state index in [0.29, 0.717) is 0 Å². The van der Waals surface area contributed by atoms with E-state index in [1.165, 1.54) is 18.6 Å². The van der Waals surface area contributed by atoms with Gasteiger partial charge < -0.3 is 9.84 Å². The van der Waals surface area contributed by atoms with Crippen LogP contribution < -0.4 is 4.89 Å². The second-order valence-electron chi connectivity index (χ2n) is 2.85. The maximum Gasteiger partial charge on any atom is 0.347 e. The van der Waals surface area contributed by atoms with Crippen LogP contribution in [0, 0.1) is 0 Å². The monoisotopic (exact) mass is 281 g/mol. The van der Waals surface area contributed by atoms with E-state index in [9.17, 15) is 13.2 Å². The van der Waals surface area contributed by atoms with Crippen molar-refractivity contribution in [3.63, 3.8) is 0 Å². The zero-order valence-electron chi connectivity index (χ0n) is 8.87. The molecule has 9 heteroatoms. The van der Waals surface area contributed by atoms with E-state index >= 15 is 0 Å². The molecule has 17 heavy (non-hydrogen) atoms. The number of methoxy groups -OCH3 is 1. The van der Waals surface area contributed by atoms with Gasteiger partial charge in [-0.3, -0.25) is 4.84 Å². The molecular formula is C8H11NO6S2. The highest BCUT2D eigenvalue weighted by Crippen LogP contribution is 2.21. The van der Waals surface area contributed by atoms with Gasteiger partial charge in [0.25, 0.3) is 10.0 Å². The van der Waals surface area contributed by atoms with Crippen molar-refractivity contribution in [3.8, 4) is 0 Å². The third-order valence-electron chi connectivity index (χ3n) is 1.67. The largest absolute Gasteiger partial charge is 0.477 e. The molecule has 0 radical (unpaired) electrons. The molecule has 7 nitrogen and oxygen atoms in total. The Balaban J connectivity index is 2.76. The summed E-state index contributed by atoms with van der Waals surface area (Å²) < 4.78 is 28.0. The molecule has 0 spiro atoms. The van der Waals surface area contributed by atoms with Gasteiger partial charge in [0.1, 0.15) is 9.77 Å². The second kappa shape index (κ2) is 6.07. The van der Waals surface area contributed by atoms with Crippen LogP contribution in [0.25, 0.3) is 0 Å². The van der Waals surface area contributed by atoms with Crippen LogP contribution in [0.1, 0.15) is 9.67 Å². The highest BCUT2D eigenvalue weighted by Gasteiger charge is 2.23. The lowest BCUT2D eigenvalue weighted by molar-refractivity contribution is 0.0438. The number of carboxylic acid groups (broad SMARTS) is 1. The van der Waals surface area contributed by atoms with Gasteiger partial charge in [-0.15, -0.1) is 11.3 Å². The third-order valence-corrected chi connectivity index (χ3v) is 3.96. The molecule has 0 atom stereocenters. The number of hydrogen-bond acceptors (Lipinski definition) is 6. The van der Waals surface area contributed by atoms with Crippen LogP contribution in [0.15, 0.2) is 16.3 Å². The third kappa shape index (κ3) is 3.75. The summed E-state index contributed by atoms with van der Waals surface area (Å²) in [4.78, 5) is 16.7. The second-order valence-corrected chi connectivity index (χ2v) is 5.38. The van der Waals surface area contributed by atoms with Gasteiger partial charge in [-0.05, 0) is 11.4 Å². The number of rotatable bonds is 7. The number of sulfonamides is 1. The minimum atomic E-state index is -3.97. The van der Waals surface area contributed by atoms with E-state index in [0.717, 1.165) is 11.3 Å². The van der Waals surface area contributed by atoms with Crippen LogP contribution >= 0.6 is 11.3 Å². The first-order chi connectivity index (χ1) is 7.99. The van der Waals surface area contributed by atoms with Gasteiger partial charge in [-0.2, -0.15) is 0 Å². The molecular weight excluding hydrogens is 270 g/mol. The Hall–Kier alpha value is -1.00. The molecule has 2 N–H and O–H groups in total. The molecule has 1 aromatic rings. The van der Waals surface area contributed by atoms with Crippen LogP contribution in [0.4, 0.5) is 0 Å². The fraction of sp³-hybridized carbons (Fsp3) is 0.375. The highest BCUT2D eigenvalue weighted by atomic mass is 32.2. The Bertz CT molecular complexity index is 480. The van der Waals surface area contributed by atoms with Crippen LogP contribution in [-0.2, 0) is 19.6 Å². The SMILES string of the molecule is COCCONS(=O)(=O)c1ccsc1C(=O)O. The molecule has 0 unspecified atom stereocenters. The summed E-state index contributed by atoms with van der Waals surface area (Å²) in [5.41, 5.74) is 0. The van der Waals surface area contributed by atoms with Crippen molar-refractivity contribution in [2.45, 2.75) is 4.90 Å². The van der Waals surface area contributed by atoms with E-state index in [4.69, 9.17) is 5.11 Å². The average Bonchev–Trinajstić information content (AvgIpc) is 2.74. The van der Waals surface area contributed by atoms with E-state index in [-0.39, 0.29) is 23.0 Å². The maximum atomic E-state index is 11.6. The zero-order chi connectivity index (χ0) is 12.9. The Morgan fingerprint density at radius 2 is 2.24 bits per heavy atom. The first kappa shape index (κ1) is 14.1. The molecule has 0 fully saturated rings. The van der Waals surface area contributed by atoms with Crippen molar-refractivity contribution in [2.75, 3.05) is 20.3 Å². The molecule has 0 aromatic carbocycles. The lowest BCUT2D eigenvalue weighted by Gasteiger charge is -2.06. The normalized spacial score (nSPS) is 11.6. The minimum Gasteiger partial charge on any atom is -0.477 e. The predicted molar refractivity (Wildman–Crippen MR) is 59.4 cm³/mol. The number of nitrogens with one attached hydrogen (secondary N) is 1. The Labute approximate surface area is 102 Å². The molecule has 0 saturated carbocycles. The minimum absolute atomic E-state index is 0.0300. The first-order valence-electron chi connectivity index (χ1n) is 4.42. The van der Waals surface area contributed by atoms with Gasteiger partial charge in [0.2, 0.25) is 0 Å². The summed E-state index contributed by atoms with van der Waals surface area (Å²) in [5, 5.41) is 10.2. The molecule has 0 amide bonds. The van der Waals surface area contributed by atoms with Gasteiger partial charge in [-0.25, -0.2) is 13.2 Å². The standard InChI is InChI=1S/C8H11NO6S2/c1-14-3-4-15-9-17(12,13)6-2-5-16-7(6)8(10)11/h2,5,9H,3-4H2,1H3,(H,10,11). The van der Waals surface area contributed by atoms with Crippen molar-refractivity contribution in [3.05, 3.63) is 16.3 Å². The molecule has 1 rings (SSSR count). The van der Waals surface area contributed by atoms with Crippen LogP contribution in [0.3, 0.4) is 0 Å². The molecule has 1 aromatic heterocycles. The number of hydrogen-bond donors (Lipinski definition) is 2. The lowest BCUT2D eigenvalue weighted by Crippen LogP contribution is -2.26. The Morgan fingerprint density at radius 1 is 1.53 bits per heavy atom. The zero-order valence-corrected chi connectivity index (χ0v) is 10.5. The Kier molecular flexibility index (Phi) is 5.02. The van der Waals surface area contributed by atoms with Crippen molar-refractivity contribution >= 4 is 27.3 Å². The Morgan fingerprint density at radius 3 is 2.82 bits per heavy atom. The quantitative estimate of drug-likeness (QED) is 0.550. The van der Waals surface area contributed by atoms with Gasteiger partial charge >= 0.3 is 5.97 Å². The van der Waals surface area contributed by atoms with Gasteiger partial charge in [0.15, 0.2) is 0 Å². The van der Waals surface area contributed by atoms with Crippen LogP contribution in [0.5, 0.6) is 0 Å². The summed E-state index contributed by atoms with van der Waals surface area (Å²) in [6.07, 6.45) is 0. The van der Waals surface area contributed by atoms with E-state index in [2.05, 4.69) is 9.57 Å². The van der Waals surface area contributed by atoms with E-state index in [1.807, 2.05) is 4.89 Å². The van der Waals surface area contributed by atoms with Gasteiger partial charge in [0, 0.05) is 7.11 Å². The van der Waals surface area contributed by atoms with Gasteiger partial charge in [-0.1, -0.05) is 4.89 Å². The van der Waals surface area contributed by atoms with Crippen molar-refractivity contribution in [2.24, 2.45) is 0 Å². The van der Waals surface area contributed by atoms with Crippen LogP contribution in [-0.4, -0.2) is 39.8 Å². The maximum absolute atomic E-state index is 11.6. The number of thiophene rings is 1. The van der Waals surface area contributed by atoms with Crippen LogP contribution in [0.2, 0.25) is 0 Å². The van der Waals surface area contributed by atoms with E-state index < -0.39 is 16.0 Å². The predicted octanol–water partition coefficient (Wildman–Crippen LogP) is 0.303. The first-order valence-corrected chi connectivity index (χ1v) is 6.78. The average molecular weight is 281 g/mol. The fourth-order valence-corrected chi connectivity index (χ4v) is 3.05. The number of carbonyl (C=O) groups is 1. The van der Waals surface area contributed by atoms with Crippen molar-refractivity contribution in [1.82, 2.24) is 4.89 Å². The summed E-state index contributed by atoms with van der Waals surface area (Å²) in [5.74, 6) is -1.29. The number of carboxylic acids is 1. The number of aromatic carboxylic acids is 1. The smallest absolute Gasteiger partial charge is 0.347 e. The topological polar surface area (TPSA) is 102 Å². The summed E-state index contributed by atoms with van der Waals surface area (Å²) in [6, 6.07) is 1.20. The lowest BCUT2D eigenvalue weighted by atomic mass is 10.5. The fourth-order valence-electron chi connectivity index (χ4n) is 0.954. The molecule has 1 heterocycles. The molecule has 0 aliphatic heterocycles. The van der Waals surface area contributed by atoms with E-state index in [1.54, 1.807) is 0 Å². The summed E-state index contributed by atoms with van der Waals surface area (Å²) >= 11 is 0.829. The summed E-state index contributed by atoms with van der Waals surface area (Å²) in [6.45, 7) is 0.250.